The molecule has 0 saturated carbocycles. The van der Waals surface area contributed by atoms with E-state index in [1.54, 1.807) is 0 Å². The molecule has 0 atom stereocenters. The van der Waals surface area contributed by atoms with Crippen LogP contribution in [0.4, 0.5) is 0 Å². The molecule has 0 aliphatic rings. The van der Waals surface area contributed by atoms with E-state index in [0.29, 0.717) is 12.8 Å². The molecular weight excluding hydrogens is 380 g/mol. The van der Waals surface area contributed by atoms with Crippen molar-refractivity contribution in [2.45, 2.75) is 117 Å². The Bertz CT molecular complexity index is 748. The molecule has 0 saturated heterocycles. The van der Waals surface area contributed by atoms with Gasteiger partial charge in [-0.2, -0.15) is 0 Å². The average Bonchev–Trinajstić information content (AvgIpc) is 3.27. The summed E-state index contributed by atoms with van der Waals surface area (Å²) in [4.78, 5) is 0. The van der Waals surface area contributed by atoms with Crippen molar-refractivity contribution in [3.63, 3.8) is 0 Å². The molecule has 8 heteroatoms. The van der Waals surface area contributed by atoms with Gasteiger partial charge in [-0.05, 0) is 12.8 Å². The van der Waals surface area contributed by atoms with Gasteiger partial charge >= 0.3 is 0 Å². The third-order valence-electron chi connectivity index (χ3n) is 5.65. The lowest BCUT2D eigenvalue weighted by atomic mass is 10.1. The van der Waals surface area contributed by atoms with Crippen molar-refractivity contribution in [2.75, 3.05) is 0 Å². The Labute approximate surface area is 179 Å². The summed E-state index contributed by atoms with van der Waals surface area (Å²) in [5.41, 5.74) is 1.81. The van der Waals surface area contributed by atoms with Gasteiger partial charge in [0, 0.05) is 25.7 Å². The number of nitrogens with one attached hydrogen (secondary N) is 2. The molecule has 0 spiro atoms. The zero-order valence-electron chi connectivity index (χ0n) is 18.9. The van der Waals surface area contributed by atoms with E-state index >= 15 is 0 Å². The minimum absolute atomic E-state index is 0.117. The highest BCUT2D eigenvalue weighted by Crippen LogP contribution is 2.06. The van der Waals surface area contributed by atoms with Gasteiger partial charge in [-0.25, -0.2) is 9.36 Å². The van der Waals surface area contributed by atoms with Gasteiger partial charge in [0.25, 0.3) is 11.1 Å². The molecule has 0 aromatic carbocycles. The summed E-state index contributed by atoms with van der Waals surface area (Å²) in [6.07, 6.45) is 15.8. The predicted octanol–water partition coefficient (Wildman–Crippen LogP) is 2.83. The Morgan fingerprint density at radius 2 is 0.967 bits per heavy atom. The number of unbranched alkanes of at least 4 members (excludes halogenated alkanes) is 10. The van der Waals surface area contributed by atoms with Gasteiger partial charge in [-0.1, -0.05) is 65.2 Å². The fraction of sp³-hybridized carbons (Fsp3) is 0.818. The van der Waals surface area contributed by atoms with E-state index in [1.165, 1.54) is 64.2 Å². The van der Waals surface area contributed by atoms with Crippen molar-refractivity contribution in [2.24, 2.45) is 0 Å². The van der Waals surface area contributed by atoms with E-state index in [-0.39, 0.29) is 11.1 Å². The van der Waals surface area contributed by atoms with Crippen molar-refractivity contribution in [3.8, 4) is 0 Å². The van der Waals surface area contributed by atoms with E-state index in [2.05, 4.69) is 24.4 Å². The highest BCUT2D eigenvalue weighted by molar-refractivity contribution is 4.89. The van der Waals surface area contributed by atoms with Crippen LogP contribution < -0.4 is 31.0 Å². The van der Waals surface area contributed by atoms with Crippen molar-refractivity contribution in [3.05, 3.63) is 22.5 Å². The number of aromatic nitrogens is 4. The van der Waals surface area contributed by atoms with Crippen LogP contribution in [-0.2, 0) is 25.9 Å². The van der Waals surface area contributed by atoms with Crippen molar-refractivity contribution >= 4 is 0 Å². The van der Waals surface area contributed by atoms with Crippen molar-refractivity contribution < 1.29 is 18.4 Å². The molecule has 170 valence electrons. The van der Waals surface area contributed by atoms with Crippen LogP contribution in [0.25, 0.3) is 0 Å². The molecule has 2 aromatic heterocycles. The summed E-state index contributed by atoms with van der Waals surface area (Å²) in [7, 11) is 0. The summed E-state index contributed by atoms with van der Waals surface area (Å²) in [5.74, 6) is 0. The van der Waals surface area contributed by atoms with Crippen molar-refractivity contribution in [1.82, 2.24) is 10.5 Å². The summed E-state index contributed by atoms with van der Waals surface area (Å²) in [6, 6.07) is 0. The van der Waals surface area contributed by atoms with Crippen LogP contribution in [0, 0.1) is 10.8 Å². The summed E-state index contributed by atoms with van der Waals surface area (Å²) >= 11 is 0. The standard InChI is InChI=1S/C22H40N6O2/c1-3-5-7-9-11-13-17-27-19(21(23)29-25-27)15-16-20-22(24)30-26-28(20)18-14-12-10-8-6-4-2/h23-24H,3-18H2,1-2H3. The van der Waals surface area contributed by atoms with E-state index in [4.69, 9.17) is 19.9 Å². The van der Waals surface area contributed by atoms with Crippen molar-refractivity contribution in [1.29, 1.82) is 10.8 Å². The first-order valence-corrected chi connectivity index (χ1v) is 11.9. The van der Waals surface area contributed by atoms with Crippen LogP contribution in [0.5, 0.6) is 0 Å². The molecule has 0 aliphatic heterocycles. The van der Waals surface area contributed by atoms with Gasteiger partial charge in [-0.3, -0.25) is 21.4 Å². The van der Waals surface area contributed by atoms with E-state index in [9.17, 15) is 0 Å². The Morgan fingerprint density at radius 1 is 0.600 bits per heavy atom. The third-order valence-corrected chi connectivity index (χ3v) is 5.65. The summed E-state index contributed by atoms with van der Waals surface area (Å²) in [5, 5.41) is 24.2. The number of aryl methyl sites for hydroxylation is 2. The first-order chi connectivity index (χ1) is 14.7. The van der Waals surface area contributed by atoms with Crippen LogP contribution in [0.1, 0.15) is 102 Å². The van der Waals surface area contributed by atoms with Crippen LogP contribution in [0.2, 0.25) is 0 Å². The molecule has 8 nitrogen and oxygen atoms in total. The molecular formula is C22H40N6O2. The molecule has 0 aliphatic carbocycles. The minimum Gasteiger partial charge on any atom is -0.487 e. The lowest BCUT2D eigenvalue weighted by Gasteiger charge is -2.04. The maximum atomic E-state index is 8.05. The SMILES string of the molecule is CCCCCCCC[n+]1[n-]oc(=N)c1CCc1c(=N)o[n-][n+]1CCCCCCCC. The molecule has 2 N–H and O–H groups in total. The van der Waals surface area contributed by atoms with Gasteiger partial charge in [-0.15, -0.1) is 0 Å². The lowest BCUT2D eigenvalue weighted by molar-refractivity contribution is -0.777. The van der Waals surface area contributed by atoms with Crippen LogP contribution in [0.3, 0.4) is 0 Å². The Hall–Kier alpha value is -2.12. The van der Waals surface area contributed by atoms with Gasteiger partial charge in [0.15, 0.2) is 0 Å². The summed E-state index contributed by atoms with van der Waals surface area (Å²) in [6.45, 7) is 6.00. The number of rotatable bonds is 17. The second kappa shape index (κ2) is 14.0. The molecule has 0 bridgehead atoms. The smallest absolute Gasteiger partial charge is 0.268 e. The topological polar surface area (TPSA) is 110 Å². The molecule has 30 heavy (non-hydrogen) atoms. The summed E-state index contributed by atoms with van der Waals surface area (Å²) < 4.78 is 13.9. The fourth-order valence-electron chi connectivity index (χ4n) is 3.78. The van der Waals surface area contributed by atoms with E-state index < -0.39 is 0 Å². The van der Waals surface area contributed by atoms with Gasteiger partial charge < -0.3 is 9.05 Å². The quantitative estimate of drug-likeness (QED) is 0.303. The molecule has 2 heterocycles. The van der Waals surface area contributed by atoms with E-state index in [1.807, 2.05) is 9.36 Å². The van der Waals surface area contributed by atoms with Gasteiger partial charge in [0.2, 0.25) is 11.4 Å². The Morgan fingerprint density at radius 3 is 1.37 bits per heavy atom. The highest BCUT2D eigenvalue weighted by atomic mass is 16.5. The normalized spacial score (nSPS) is 11.4. The predicted molar refractivity (Wildman–Crippen MR) is 110 cm³/mol. The van der Waals surface area contributed by atoms with Gasteiger partial charge in [0.1, 0.15) is 13.1 Å². The number of nitrogens with zero attached hydrogens (tertiary/aromatic N) is 4. The third kappa shape index (κ3) is 7.95. The molecule has 2 aromatic rings. The second-order valence-electron chi connectivity index (χ2n) is 8.18. The first kappa shape index (κ1) is 24.2. The molecule has 0 fully saturated rings. The second-order valence-corrected chi connectivity index (χ2v) is 8.18. The van der Waals surface area contributed by atoms with Crippen LogP contribution in [-0.4, -0.2) is 0 Å². The Kier molecular flexibility index (Phi) is 11.3. The molecule has 0 amide bonds. The maximum absolute atomic E-state index is 8.05. The zero-order chi connectivity index (χ0) is 21.6. The molecule has 0 unspecified atom stereocenters. The highest BCUT2D eigenvalue weighted by Gasteiger charge is 2.18. The van der Waals surface area contributed by atoms with E-state index in [0.717, 1.165) is 37.3 Å². The zero-order valence-corrected chi connectivity index (χ0v) is 18.9. The number of hydrogen-bond donors (Lipinski definition) is 2. The first-order valence-electron chi connectivity index (χ1n) is 11.9. The minimum atomic E-state index is 0.117. The number of hydrogen-bond acceptors (Lipinski definition) is 4. The maximum Gasteiger partial charge on any atom is 0.268 e. The fourth-order valence-corrected chi connectivity index (χ4v) is 3.78. The molecule has 0 radical (unpaired) electrons. The Balaban J connectivity index is 1.84. The average molecular weight is 421 g/mol. The monoisotopic (exact) mass is 420 g/mol. The lowest BCUT2D eigenvalue weighted by Crippen LogP contribution is -2.45. The largest absolute Gasteiger partial charge is 0.487 e. The van der Waals surface area contributed by atoms with Gasteiger partial charge in [0.05, 0.1) is 0 Å². The van der Waals surface area contributed by atoms with Crippen LogP contribution >= 0.6 is 0 Å². The van der Waals surface area contributed by atoms with Crippen LogP contribution in [0.15, 0.2) is 9.05 Å². The molecule has 2 rings (SSSR count).